The first-order valence-corrected chi connectivity index (χ1v) is 8.32. The molecule has 0 radical (unpaired) electrons. The molecule has 1 aliphatic heterocycles. The third-order valence-electron chi connectivity index (χ3n) is 4.29. The van der Waals surface area contributed by atoms with Crippen molar-refractivity contribution in [1.82, 2.24) is 19.7 Å². The minimum Gasteiger partial charge on any atom is -0.472 e. The van der Waals surface area contributed by atoms with Crippen LogP contribution in [0.25, 0.3) is 0 Å². The van der Waals surface area contributed by atoms with Gasteiger partial charge in [-0.3, -0.25) is 14.5 Å². The number of carbonyl (C=O) groups excluding carboxylic acids is 1. The molecule has 6 nitrogen and oxygen atoms in total. The molecule has 0 atom stereocenters. The zero-order chi connectivity index (χ0) is 17.9. The summed E-state index contributed by atoms with van der Waals surface area (Å²) in [6.45, 7) is 2.01. The number of benzene rings is 1. The quantitative estimate of drug-likeness (QED) is 0.724. The predicted octanol–water partition coefficient (Wildman–Crippen LogP) is 2.65. The number of fused-ring (bicyclic) bond motifs is 1. The van der Waals surface area contributed by atoms with Crippen LogP contribution in [0.1, 0.15) is 21.6 Å². The van der Waals surface area contributed by atoms with Crippen LogP contribution in [-0.4, -0.2) is 32.1 Å². The van der Waals surface area contributed by atoms with Gasteiger partial charge in [-0.05, 0) is 42.0 Å². The van der Waals surface area contributed by atoms with Gasteiger partial charge in [0.25, 0.3) is 5.91 Å². The number of amides is 1. The molecule has 1 amide bonds. The fraction of sp³-hybridized carbons (Fsp3) is 0.211. The second kappa shape index (κ2) is 6.95. The Morgan fingerprint density at radius 2 is 1.88 bits per heavy atom. The molecule has 0 unspecified atom stereocenters. The van der Waals surface area contributed by atoms with Crippen molar-refractivity contribution in [3.63, 3.8) is 0 Å². The van der Waals surface area contributed by atoms with Crippen molar-refractivity contribution in [1.29, 1.82) is 0 Å². The standard InChI is InChI=1S/C19H17FN4O2/c20-16-3-1-15(2-4-16)19(25)23-9-10-24-17(12-23)11-18(22-24)26-13-14-5-7-21-8-6-14/h1-8,11H,9-10,12-13H2. The molecule has 26 heavy (non-hydrogen) atoms. The Kier molecular flexibility index (Phi) is 4.35. The molecule has 3 heterocycles. The van der Waals surface area contributed by atoms with Crippen molar-refractivity contribution in [2.45, 2.75) is 19.7 Å². The van der Waals surface area contributed by atoms with Crippen LogP contribution in [0, 0.1) is 5.82 Å². The van der Waals surface area contributed by atoms with E-state index in [0.29, 0.717) is 37.7 Å². The molecule has 0 bridgehead atoms. The van der Waals surface area contributed by atoms with E-state index in [4.69, 9.17) is 4.74 Å². The van der Waals surface area contributed by atoms with Crippen molar-refractivity contribution in [2.75, 3.05) is 6.54 Å². The van der Waals surface area contributed by atoms with Crippen molar-refractivity contribution in [3.05, 3.63) is 77.5 Å². The third-order valence-corrected chi connectivity index (χ3v) is 4.29. The van der Waals surface area contributed by atoms with Crippen LogP contribution in [0.4, 0.5) is 4.39 Å². The second-order valence-electron chi connectivity index (χ2n) is 6.07. The molecule has 3 aromatic rings. The van der Waals surface area contributed by atoms with E-state index in [1.165, 1.54) is 24.3 Å². The van der Waals surface area contributed by atoms with Crippen LogP contribution < -0.4 is 4.74 Å². The molecule has 1 aromatic carbocycles. The lowest BCUT2D eigenvalue weighted by atomic mass is 10.1. The van der Waals surface area contributed by atoms with E-state index in [9.17, 15) is 9.18 Å². The fourth-order valence-corrected chi connectivity index (χ4v) is 2.90. The molecular formula is C19H17FN4O2. The highest BCUT2D eigenvalue weighted by Gasteiger charge is 2.23. The minimum atomic E-state index is -0.353. The number of nitrogens with zero attached hydrogens (tertiary/aromatic N) is 4. The molecule has 0 spiro atoms. The summed E-state index contributed by atoms with van der Waals surface area (Å²) in [5.74, 6) is 0.0684. The van der Waals surface area contributed by atoms with Gasteiger partial charge in [-0.15, -0.1) is 5.10 Å². The SMILES string of the molecule is O=C(c1ccc(F)cc1)N1CCn2nc(OCc3ccncc3)cc2C1. The van der Waals surface area contributed by atoms with Crippen molar-refractivity contribution < 1.29 is 13.9 Å². The zero-order valence-corrected chi connectivity index (χ0v) is 14.0. The summed E-state index contributed by atoms with van der Waals surface area (Å²) in [4.78, 5) is 18.3. The smallest absolute Gasteiger partial charge is 0.254 e. The summed E-state index contributed by atoms with van der Waals surface area (Å²) in [7, 11) is 0. The van der Waals surface area contributed by atoms with E-state index in [2.05, 4.69) is 10.1 Å². The van der Waals surface area contributed by atoms with Gasteiger partial charge in [0.2, 0.25) is 5.88 Å². The molecule has 0 fully saturated rings. The molecule has 0 saturated carbocycles. The van der Waals surface area contributed by atoms with Gasteiger partial charge < -0.3 is 9.64 Å². The van der Waals surface area contributed by atoms with Crippen LogP contribution in [0.15, 0.2) is 54.9 Å². The molecule has 7 heteroatoms. The fourth-order valence-electron chi connectivity index (χ4n) is 2.90. The highest BCUT2D eigenvalue weighted by atomic mass is 19.1. The lowest BCUT2D eigenvalue weighted by Crippen LogP contribution is -2.38. The Morgan fingerprint density at radius 1 is 1.12 bits per heavy atom. The maximum absolute atomic E-state index is 13.0. The van der Waals surface area contributed by atoms with Crippen LogP contribution in [0.5, 0.6) is 5.88 Å². The van der Waals surface area contributed by atoms with Crippen LogP contribution in [-0.2, 0) is 19.7 Å². The molecule has 1 aliphatic rings. The highest BCUT2D eigenvalue weighted by Crippen LogP contribution is 2.20. The van der Waals surface area contributed by atoms with Crippen LogP contribution in [0.2, 0.25) is 0 Å². The summed E-state index contributed by atoms with van der Waals surface area (Å²) in [6.07, 6.45) is 3.44. The molecule has 132 valence electrons. The number of aromatic nitrogens is 3. The summed E-state index contributed by atoms with van der Waals surface area (Å²) < 4.78 is 20.6. The number of hydrogen-bond donors (Lipinski definition) is 0. The van der Waals surface area contributed by atoms with Crippen molar-refractivity contribution in [3.8, 4) is 5.88 Å². The lowest BCUT2D eigenvalue weighted by Gasteiger charge is -2.27. The normalized spacial score (nSPS) is 13.3. The topological polar surface area (TPSA) is 60.2 Å². The van der Waals surface area contributed by atoms with Gasteiger partial charge in [-0.2, -0.15) is 0 Å². The summed E-state index contributed by atoms with van der Waals surface area (Å²) >= 11 is 0. The summed E-state index contributed by atoms with van der Waals surface area (Å²) in [5.41, 5.74) is 2.41. The third kappa shape index (κ3) is 3.42. The summed E-state index contributed by atoms with van der Waals surface area (Å²) in [5, 5.41) is 4.44. The van der Waals surface area contributed by atoms with Gasteiger partial charge in [0.15, 0.2) is 0 Å². The first kappa shape index (κ1) is 16.3. The average molecular weight is 352 g/mol. The molecule has 2 aromatic heterocycles. The summed E-state index contributed by atoms with van der Waals surface area (Å²) in [6, 6.07) is 11.2. The first-order valence-electron chi connectivity index (χ1n) is 8.32. The lowest BCUT2D eigenvalue weighted by molar-refractivity contribution is 0.0706. The zero-order valence-electron chi connectivity index (χ0n) is 14.0. The number of ether oxygens (including phenoxy) is 1. The molecular weight excluding hydrogens is 335 g/mol. The Bertz CT molecular complexity index is 909. The van der Waals surface area contributed by atoms with E-state index in [1.54, 1.807) is 17.3 Å². The van der Waals surface area contributed by atoms with E-state index in [0.717, 1.165) is 11.3 Å². The van der Waals surface area contributed by atoms with Gasteiger partial charge in [0.05, 0.1) is 18.8 Å². The molecule has 0 aliphatic carbocycles. The highest BCUT2D eigenvalue weighted by molar-refractivity contribution is 5.94. The molecule has 0 saturated heterocycles. The number of hydrogen-bond acceptors (Lipinski definition) is 4. The number of rotatable bonds is 4. The predicted molar refractivity (Wildman–Crippen MR) is 91.9 cm³/mol. The molecule has 4 rings (SSSR count). The van der Waals surface area contributed by atoms with Crippen LogP contribution >= 0.6 is 0 Å². The maximum Gasteiger partial charge on any atom is 0.254 e. The Labute approximate surface area is 149 Å². The van der Waals surface area contributed by atoms with E-state index in [-0.39, 0.29) is 11.7 Å². The minimum absolute atomic E-state index is 0.114. The van der Waals surface area contributed by atoms with E-state index < -0.39 is 0 Å². The Hall–Kier alpha value is -3.22. The van der Waals surface area contributed by atoms with E-state index >= 15 is 0 Å². The van der Waals surface area contributed by atoms with Gasteiger partial charge in [-0.1, -0.05) is 0 Å². The number of pyridine rings is 1. The number of carbonyl (C=O) groups is 1. The maximum atomic E-state index is 13.0. The largest absolute Gasteiger partial charge is 0.472 e. The number of halogens is 1. The van der Waals surface area contributed by atoms with Crippen molar-refractivity contribution in [2.24, 2.45) is 0 Å². The molecule has 0 N–H and O–H groups in total. The first-order chi connectivity index (χ1) is 12.7. The van der Waals surface area contributed by atoms with Gasteiger partial charge in [0.1, 0.15) is 12.4 Å². The Balaban J connectivity index is 1.43. The van der Waals surface area contributed by atoms with E-state index in [1.807, 2.05) is 22.9 Å². The second-order valence-corrected chi connectivity index (χ2v) is 6.07. The van der Waals surface area contributed by atoms with Crippen molar-refractivity contribution >= 4 is 5.91 Å². The Morgan fingerprint density at radius 3 is 2.65 bits per heavy atom. The van der Waals surface area contributed by atoms with Crippen LogP contribution in [0.3, 0.4) is 0 Å². The average Bonchev–Trinajstić information content (AvgIpc) is 3.09. The monoisotopic (exact) mass is 352 g/mol. The van der Waals surface area contributed by atoms with Gasteiger partial charge in [-0.25, -0.2) is 4.39 Å². The van der Waals surface area contributed by atoms with Gasteiger partial charge in [0, 0.05) is 30.6 Å². The van der Waals surface area contributed by atoms with Gasteiger partial charge >= 0.3 is 0 Å².